The molecule has 0 bridgehead atoms. The minimum atomic E-state index is -0.209. The lowest BCUT2D eigenvalue weighted by molar-refractivity contribution is 0.626. The molecule has 0 fully saturated rings. The van der Waals surface area contributed by atoms with Gasteiger partial charge in [-0.05, 0) is 35.9 Å². The van der Waals surface area contributed by atoms with Crippen LogP contribution in [0.3, 0.4) is 0 Å². The zero-order valence-corrected chi connectivity index (χ0v) is 14.8. The minimum Gasteiger partial charge on any atom is -0.356 e. The lowest BCUT2D eigenvalue weighted by Gasteiger charge is -2.01. The molecular weight excluding hydrogens is 347 g/mol. The third-order valence-electron chi connectivity index (χ3n) is 3.91. The van der Waals surface area contributed by atoms with Crippen LogP contribution in [0.2, 0.25) is 0 Å². The number of aromatic nitrogens is 3. The predicted octanol–water partition coefficient (Wildman–Crippen LogP) is 4.67. The van der Waals surface area contributed by atoms with Crippen molar-refractivity contribution in [3.63, 3.8) is 0 Å². The lowest BCUT2D eigenvalue weighted by atomic mass is 10.1. The smallest absolute Gasteiger partial charge is 0.183 e. The molecule has 0 aliphatic rings. The number of thiazole rings is 1. The first-order valence-corrected chi connectivity index (χ1v) is 9.11. The van der Waals surface area contributed by atoms with Crippen molar-refractivity contribution in [3.8, 4) is 5.69 Å². The van der Waals surface area contributed by atoms with Gasteiger partial charge < -0.3 is 5.32 Å². The van der Waals surface area contributed by atoms with E-state index in [1.807, 2.05) is 59.5 Å². The van der Waals surface area contributed by atoms with Gasteiger partial charge in [0.25, 0.3) is 0 Å². The van der Waals surface area contributed by atoms with Crippen molar-refractivity contribution >= 4 is 16.5 Å². The van der Waals surface area contributed by atoms with Crippen LogP contribution in [-0.4, -0.2) is 14.8 Å². The Labute approximate surface area is 155 Å². The summed E-state index contributed by atoms with van der Waals surface area (Å²) in [6, 6.07) is 18.7. The van der Waals surface area contributed by atoms with Crippen molar-refractivity contribution < 1.29 is 4.39 Å². The largest absolute Gasteiger partial charge is 0.356 e. The van der Waals surface area contributed by atoms with Crippen molar-refractivity contribution in [1.29, 1.82) is 0 Å². The molecule has 1 N–H and O–H groups in total. The fraction of sp³-hybridized carbons (Fsp3) is 0.100. The Bertz CT molecular complexity index is 994. The summed E-state index contributed by atoms with van der Waals surface area (Å²) in [6.45, 7) is 0.604. The van der Waals surface area contributed by atoms with E-state index in [0.29, 0.717) is 13.0 Å². The molecule has 4 nitrogen and oxygen atoms in total. The van der Waals surface area contributed by atoms with Crippen LogP contribution < -0.4 is 5.32 Å². The molecule has 0 radical (unpaired) electrons. The maximum absolute atomic E-state index is 13.3. The molecule has 0 aliphatic heterocycles. The van der Waals surface area contributed by atoms with E-state index in [2.05, 4.69) is 15.4 Å². The third kappa shape index (κ3) is 3.97. The van der Waals surface area contributed by atoms with E-state index in [-0.39, 0.29) is 5.82 Å². The Morgan fingerprint density at radius 3 is 2.77 bits per heavy atom. The van der Waals surface area contributed by atoms with Gasteiger partial charge in [-0.1, -0.05) is 30.3 Å². The molecule has 0 aliphatic carbocycles. The van der Waals surface area contributed by atoms with Gasteiger partial charge in [-0.15, -0.1) is 11.3 Å². The summed E-state index contributed by atoms with van der Waals surface area (Å²) < 4.78 is 15.1. The highest BCUT2D eigenvalue weighted by Gasteiger charge is 2.06. The van der Waals surface area contributed by atoms with Gasteiger partial charge in [0, 0.05) is 23.7 Å². The van der Waals surface area contributed by atoms with Crippen molar-refractivity contribution in [3.05, 3.63) is 95.0 Å². The van der Waals surface area contributed by atoms with Crippen LogP contribution in [0.5, 0.6) is 0 Å². The van der Waals surface area contributed by atoms with E-state index in [1.165, 1.54) is 6.07 Å². The molecule has 2 aromatic heterocycles. The number of hydrogen-bond acceptors (Lipinski definition) is 4. The van der Waals surface area contributed by atoms with Gasteiger partial charge in [-0.25, -0.2) is 14.1 Å². The normalized spacial score (nSPS) is 10.8. The van der Waals surface area contributed by atoms with Crippen LogP contribution >= 0.6 is 11.3 Å². The molecule has 0 spiro atoms. The van der Waals surface area contributed by atoms with E-state index < -0.39 is 0 Å². The topological polar surface area (TPSA) is 42.7 Å². The molecule has 4 rings (SSSR count). The van der Waals surface area contributed by atoms with Gasteiger partial charge in [0.15, 0.2) is 5.13 Å². The van der Waals surface area contributed by atoms with E-state index in [0.717, 1.165) is 27.0 Å². The Kier molecular flexibility index (Phi) is 4.75. The first-order valence-electron chi connectivity index (χ1n) is 8.29. The van der Waals surface area contributed by atoms with Crippen LogP contribution in [0.25, 0.3) is 5.69 Å². The maximum Gasteiger partial charge on any atom is 0.183 e. The number of anilines is 1. The highest BCUT2D eigenvalue weighted by molar-refractivity contribution is 7.15. The second-order valence-corrected chi connectivity index (χ2v) is 6.99. The highest BCUT2D eigenvalue weighted by Crippen LogP contribution is 2.22. The number of halogens is 1. The molecule has 4 aromatic rings. The fourth-order valence-electron chi connectivity index (χ4n) is 2.67. The van der Waals surface area contributed by atoms with Gasteiger partial charge in [0.2, 0.25) is 0 Å². The summed E-state index contributed by atoms with van der Waals surface area (Å²) in [6.07, 6.45) is 4.46. The van der Waals surface area contributed by atoms with Crippen molar-refractivity contribution in [1.82, 2.24) is 14.8 Å². The second-order valence-electron chi connectivity index (χ2n) is 5.88. The number of para-hydroxylation sites is 1. The van der Waals surface area contributed by atoms with E-state index >= 15 is 0 Å². The van der Waals surface area contributed by atoms with Gasteiger partial charge in [-0.2, -0.15) is 5.10 Å². The van der Waals surface area contributed by atoms with Crippen molar-refractivity contribution in [2.24, 2.45) is 0 Å². The van der Waals surface area contributed by atoms with E-state index in [9.17, 15) is 4.39 Å². The molecule has 2 aromatic carbocycles. The van der Waals surface area contributed by atoms with Crippen LogP contribution in [0.15, 0.2) is 73.1 Å². The van der Waals surface area contributed by atoms with Crippen LogP contribution in [0.4, 0.5) is 9.52 Å². The highest BCUT2D eigenvalue weighted by atomic mass is 32.1. The molecule has 0 unspecified atom stereocenters. The SMILES string of the molecule is Fc1cccc(Cc2cnc(NCc3ccn(-c4ccccc4)n3)s2)c1. The molecule has 6 heteroatoms. The number of nitrogens with one attached hydrogen (secondary N) is 1. The molecule has 0 saturated heterocycles. The first kappa shape index (κ1) is 16.5. The maximum atomic E-state index is 13.3. The molecule has 2 heterocycles. The molecule has 0 amide bonds. The van der Waals surface area contributed by atoms with Gasteiger partial charge in [-0.3, -0.25) is 0 Å². The zero-order valence-electron chi connectivity index (χ0n) is 14.0. The Morgan fingerprint density at radius 1 is 1.04 bits per heavy atom. The lowest BCUT2D eigenvalue weighted by Crippen LogP contribution is -2.01. The summed E-state index contributed by atoms with van der Waals surface area (Å²) >= 11 is 1.58. The first-order chi connectivity index (χ1) is 12.8. The summed E-state index contributed by atoms with van der Waals surface area (Å²) in [5.74, 6) is -0.209. The zero-order chi connectivity index (χ0) is 17.8. The molecule has 0 atom stereocenters. The summed E-state index contributed by atoms with van der Waals surface area (Å²) in [5.41, 5.74) is 2.92. The second kappa shape index (κ2) is 7.49. The average molecular weight is 364 g/mol. The number of benzene rings is 2. The van der Waals surface area contributed by atoms with Gasteiger partial charge >= 0.3 is 0 Å². The Hall–Kier alpha value is -2.99. The monoisotopic (exact) mass is 364 g/mol. The predicted molar refractivity (Wildman–Crippen MR) is 102 cm³/mol. The van der Waals surface area contributed by atoms with Crippen LogP contribution in [0, 0.1) is 5.82 Å². The average Bonchev–Trinajstić information content (AvgIpc) is 3.30. The Morgan fingerprint density at radius 2 is 1.92 bits per heavy atom. The third-order valence-corrected chi connectivity index (χ3v) is 4.86. The summed E-state index contributed by atoms with van der Waals surface area (Å²) in [7, 11) is 0. The number of nitrogens with zero attached hydrogens (tertiary/aromatic N) is 3. The number of rotatable bonds is 6. The molecule has 130 valence electrons. The summed E-state index contributed by atoms with van der Waals surface area (Å²) in [5, 5.41) is 8.71. The minimum absolute atomic E-state index is 0.209. The van der Waals surface area contributed by atoms with Crippen LogP contribution in [0.1, 0.15) is 16.1 Å². The molecule has 26 heavy (non-hydrogen) atoms. The van der Waals surface area contributed by atoms with E-state index in [1.54, 1.807) is 23.5 Å². The van der Waals surface area contributed by atoms with Crippen molar-refractivity contribution in [2.45, 2.75) is 13.0 Å². The van der Waals surface area contributed by atoms with E-state index in [4.69, 9.17) is 0 Å². The quantitative estimate of drug-likeness (QED) is 0.541. The fourth-order valence-corrected chi connectivity index (χ4v) is 3.51. The van der Waals surface area contributed by atoms with Gasteiger partial charge in [0.05, 0.1) is 17.9 Å². The number of hydrogen-bond donors (Lipinski definition) is 1. The van der Waals surface area contributed by atoms with Gasteiger partial charge in [0.1, 0.15) is 5.82 Å². The molecule has 0 saturated carbocycles. The summed E-state index contributed by atoms with van der Waals surface area (Å²) in [4.78, 5) is 5.48. The standard InChI is InChI=1S/C20H17FN4S/c21-16-6-4-5-15(11-16)12-19-14-23-20(26-19)22-13-17-9-10-25(24-17)18-7-2-1-3-8-18/h1-11,14H,12-13H2,(H,22,23). The van der Waals surface area contributed by atoms with Crippen molar-refractivity contribution in [2.75, 3.05) is 5.32 Å². The van der Waals surface area contributed by atoms with Crippen LogP contribution in [-0.2, 0) is 13.0 Å². The molecular formula is C20H17FN4S. The Balaban J connectivity index is 1.37.